The van der Waals surface area contributed by atoms with E-state index >= 15 is 0 Å². The lowest BCUT2D eigenvalue weighted by Crippen LogP contribution is -2.61. The summed E-state index contributed by atoms with van der Waals surface area (Å²) >= 11 is 0. The summed E-state index contributed by atoms with van der Waals surface area (Å²) in [5.74, 6) is -0.369. The van der Waals surface area contributed by atoms with Gasteiger partial charge in [0.15, 0.2) is 12.6 Å². The van der Waals surface area contributed by atoms with Crippen molar-refractivity contribution in [3.8, 4) is 0 Å². The van der Waals surface area contributed by atoms with Crippen LogP contribution in [0.2, 0.25) is 0 Å². The highest BCUT2D eigenvalue weighted by Crippen LogP contribution is 2.27. The second kappa shape index (κ2) is 48.6. The molecule has 0 aromatic carbocycles. The van der Waals surface area contributed by atoms with Gasteiger partial charge in [-0.1, -0.05) is 238 Å². The van der Waals surface area contributed by atoms with Crippen LogP contribution in [0.3, 0.4) is 0 Å². The number of aliphatic hydroxyl groups is 7. The highest BCUT2D eigenvalue weighted by atomic mass is 16.7. The van der Waals surface area contributed by atoms with E-state index in [2.05, 4.69) is 26.0 Å². The summed E-state index contributed by atoms with van der Waals surface area (Å²) in [4.78, 5) is 13.1. The lowest BCUT2D eigenvalue weighted by atomic mass is 9.98. The van der Waals surface area contributed by atoms with Gasteiger partial charge in [0.05, 0.1) is 26.4 Å². The van der Waals surface area contributed by atoms with E-state index in [1.54, 1.807) is 0 Å². The smallest absolute Gasteiger partial charge is 0.306 e. The molecule has 7 N–H and O–H groups in total. The number of rotatable bonds is 52. The fourth-order valence-corrected chi connectivity index (χ4v) is 10.2. The summed E-state index contributed by atoms with van der Waals surface area (Å²) in [5, 5.41) is 72.4. The van der Waals surface area contributed by atoms with E-state index < -0.39 is 80.7 Å². The minimum atomic E-state index is -1.70. The van der Waals surface area contributed by atoms with Gasteiger partial charge < -0.3 is 64.2 Å². The molecule has 11 unspecified atom stereocenters. The van der Waals surface area contributed by atoms with Gasteiger partial charge in [0.1, 0.15) is 54.9 Å². The molecule has 2 heterocycles. The minimum absolute atomic E-state index is 0.0671. The Kier molecular flexibility index (Phi) is 45.3. The Bertz CT molecular complexity index is 1290. The summed E-state index contributed by atoms with van der Waals surface area (Å²) in [5.41, 5.74) is 0. The summed E-state index contributed by atoms with van der Waals surface area (Å²) < 4.78 is 34.5. The van der Waals surface area contributed by atoms with Gasteiger partial charge >= 0.3 is 5.97 Å². The van der Waals surface area contributed by atoms with Crippen molar-refractivity contribution < 1.29 is 69.0 Å². The van der Waals surface area contributed by atoms with Gasteiger partial charge in [0.2, 0.25) is 0 Å². The number of ether oxygens (including phenoxy) is 6. The van der Waals surface area contributed by atoms with Gasteiger partial charge in [0, 0.05) is 13.0 Å². The standard InChI is InChI=1S/C61H116O14/c1-3-5-7-9-11-13-15-17-19-21-23-24-25-27-29-31-33-35-37-39-41-43-45-70-47-50(73-53(63)44-42-40-38-36-34-32-30-28-26-22-20-18-16-14-12-10-8-6-4-2)48-71-60-59(69)57(67)55(65)52(75-60)49-72-61-58(68)56(66)54(64)51(46-62)74-61/h21,23,50-52,54-62,64-69H,3-20,22,24-49H2,1-2H3/b23-21-. The second-order valence-corrected chi connectivity index (χ2v) is 22.2. The summed E-state index contributed by atoms with van der Waals surface area (Å²) in [6, 6.07) is 0. The molecule has 0 aromatic heterocycles. The summed E-state index contributed by atoms with van der Waals surface area (Å²) in [7, 11) is 0. The van der Waals surface area contributed by atoms with Gasteiger partial charge in [0.25, 0.3) is 0 Å². The van der Waals surface area contributed by atoms with Crippen LogP contribution in [0.5, 0.6) is 0 Å². The van der Waals surface area contributed by atoms with Crippen LogP contribution in [0.25, 0.3) is 0 Å². The molecule has 0 spiro atoms. The number of carbonyl (C=O) groups excluding carboxylic acids is 1. The molecule has 0 amide bonds. The fourth-order valence-electron chi connectivity index (χ4n) is 10.2. The predicted molar refractivity (Wildman–Crippen MR) is 298 cm³/mol. The van der Waals surface area contributed by atoms with Crippen LogP contribution in [0.1, 0.15) is 271 Å². The van der Waals surface area contributed by atoms with Crippen LogP contribution >= 0.6 is 0 Å². The molecule has 11 atom stereocenters. The SMILES string of the molecule is CCCCCCCCCC/C=C\CCCCCCCCCCCCOCC(COC1OC(COC2OC(CO)C(O)C(O)C2O)C(O)C(O)C1O)OC(=O)CCCCCCCCCCCCCCCCCCCCC. The van der Waals surface area contributed by atoms with Crippen molar-refractivity contribution in [3.05, 3.63) is 12.2 Å². The molecule has 0 aliphatic carbocycles. The quantitative estimate of drug-likeness (QED) is 0.0172. The van der Waals surface area contributed by atoms with Gasteiger partial charge in [-0.15, -0.1) is 0 Å². The van der Waals surface area contributed by atoms with Crippen LogP contribution in [-0.4, -0.2) is 142 Å². The Labute approximate surface area is 456 Å². The average molecular weight is 1070 g/mol. The van der Waals surface area contributed by atoms with Crippen LogP contribution in [0, 0.1) is 0 Å². The average Bonchev–Trinajstić information content (AvgIpc) is 3.41. The molecule has 2 rings (SSSR count). The minimum Gasteiger partial charge on any atom is -0.457 e. The first-order valence-electron chi connectivity index (χ1n) is 31.3. The Hall–Kier alpha value is -1.27. The molecule has 14 nitrogen and oxygen atoms in total. The Balaban J connectivity index is 1.68. The topological polar surface area (TPSA) is 214 Å². The zero-order valence-electron chi connectivity index (χ0n) is 47.8. The molecule has 2 aliphatic heterocycles. The molecule has 444 valence electrons. The van der Waals surface area contributed by atoms with Crippen molar-refractivity contribution in [2.75, 3.05) is 33.0 Å². The summed E-state index contributed by atoms with van der Waals surface area (Å²) in [6.07, 6.45) is 38.4. The zero-order valence-corrected chi connectivity index (χ0v) is 47.8. The van der Waals surface area contributed by atoms with Gasteiger partial charge in [-0.25, -0.2) is 0 Å². The van der Waals surface area contributed by atoms with E-state index in [0.717, 1.165) is 38.5 Å². The van der Waals surface area contributed by atoms with E-state index in [4.69, 9.17) is 28.4 Å². The third-order valence-corrected chi connectivity index (χ3v) is 15.3. The van der Waals surface area contributed by atoms with Crippen LogP contribution in [0.15, 0.2) is 12.2 Å². The molecule has 0 aromatic rings. The van der Waals surface area contributed by atoms with E-state index in [1.165, 1.54) is 205 Å². The molecular formula is C61H116O14. The van der Waals surface area contributed by atoms with Crippen molar-refractivity contribution in [1.29, 1.82) is 0 Å². The van der Waals surface area contributed by atoms with Crippen molar-refractivity contribution in [2.24, 2.45) is 0 Å². The number of aliphatic hydroxyl groups excluding tert-OH is 7. The van der Waals surface area contributed by atoms with Crippen molar-refractivity contribution in [1.82, 2.24) is 0 Å². The number of hydrogen-bond acceptors (Lipinski definition) is 14. The number of carbonyl (C=O) groups is 1. The highest BCUT2D eigenvalue weighted by molar-refractivity contribution is 5.69. The highest BCUT2D eigenvalue weighted by Gasteiger charge is 2.47. The van der Waals surface area contributed by atoms with Crippen molar-refractivity contribution >= 4 is 5.97 Å². The molecule has 0 saturated carbocycles. The Morgan fingerprint density at radius 3 is 1.21 bits per heavy atom. The van der Waals surface area contributed by atoms with Crippen LogP contribution in [0.4, 0.5) is 0 Å². The molecule has 75 heavy (non-hydrogen) atoms. The van der Waals surface area contributed by atoms with Crippen molar-refractivity contribution in [3.63, 3.8) is 0 Å². The predicted octanol–water partition coefficient (Wildman–Crippen LogP) is 11.8. The van der Waals surface area contributed by atoms with E-state index in [9.17, 15) is 40.5 Å². The number of allylic oxidation sites excluding steroid dienone is 2. The third kappa shape index (κ3) is 35.2. The molecule has 2 aliphatic rings. The first-order chi connectivity index (χ1) is 36.6. The largest absolute Gasteiger partial charge is 0.457 e. The molecule has 0 bridgehead atoms. The lowest BCUT2D eigenvalue weighted by Gasteiger charge is -2.42. The van der Waals surface area contributed by atoms with E-state index in [0.29, 0.717) is 13.0 Å². The van der Waals surface area contributed by atoms with Crippen LogP contribution in [-0.2, 0) is 33.2 Å². The van der Waals surface area contributed by atoms with Gasteiger partial charge in [-0.05, 0) is 38.5 Å². The third-order valence-electron chi connectivity index (χ3n) is 15.3. The zero-order chi connectivity index (χ0) is 54.4. The first-order valence-corrected chi connectivity index (χ1v) is 31.3. The lowest BCUT2D eigenvalue weighted by molar-refractivity contribution is -0.332. The molecule has 0 radical (unpaired) electrons. The number of esters is 1. The molecular weight excluding hydrogens is 957 g/mol. The van der Waals surface area contributed by atoms with Gasteiger partial charge in [-0.3, -0.25) is 4.79 Å². The van der Waals surface area contributed by atoms with Gasteiger partial charge in [-0.2, -0.15) is 0 Å². The monoisotopic (exact) mass is 1070 g/mol. The maximum absolute atomic E-state index is 13.1. The first kappa shape index (κ1) is 69.8. The Morgan fingerprint density at radius 1 is 0.427 bits per heavy atom. The second-order valence-electron chi connectivity index (χ2n) is 22.2. The fraction of sp³-hybridized carbons (Fsp3) is 0.951. The molecule has 2 fully saturated rings. The summed E-state index contributed by atoms with van der Waals surface area (Å²) in [6.45, 7) is 3.76. The normalized spacial score (nSPS) is 24.6. The number of unbranched alkanes of at least 4 members (excludes halogenated alkanes) is 36. The number of hydrogen-bond donors (Lipinski definition) is 7. The van der Waals surface area contributed by atoms with Crippen molar-refractivity contribution in [2.45, 2.75) is 338 Å². The van der Waals surface area contributed by atoms with E-state index in [-0.39, 0.29) is 25.6 Å². The molecule has 2 saturated heterocycles. The maximum Gasteiger partial charge on any atom is 0.306 e. The Morgan fingerprint density at radius 2 is 0.787 bits per heavy atom. The van der Waals surface area contributed by atoms with Crippen LogP contribution < -0.4 is 0 Å². The maximum atomic E-state index is 13.1. The van der Waals surface area contributed by atoms with E-state index in [1.807, 2.05) is 0 Å². The molecule has 14 heteroatoms.